The second kappa shape index (κ2) is 6.16. The van der Waals surface area contributed by atoms with Crippen molar-refractivity contribution in [2.75, 3.05) is 18.4 Å². The minimum absolute atomic E-state index is 0.221. The molecule has 2 N–H and O–H groups in total. The Morgan fingerprint density at radius 1 is 1.33 bits per heavy atom. The molecule has 0 radical (unpaired) electrons. The molecule has 1 aromatic carbocycles. The first kappa shape index (κ1) is 16.3. The monoisotopic (exact) mass is 340 g/mol. The number of amides is 2. The van der Waals surface area contributed by atoms with Crippen LogP contribution >= 0.6 is 0 Å². The third-order valence-corrected chi connectivity index (χ3v) is 3.71. The van der Waals surface area contributed by atoms with E-state index >= 15 is 0 Å². The molecule has 1 saturated heterocycles. The average Bonchev–Trinajstić information content (AvgIpc) is 3.16. The Kier molecular flexibility index (Phi) is 4.18. The van der Waals surface area contributed by atoms with Crippen molar-refractivity contribution in [3.05, 3.63) is 42.1 Å². The lowest BCUT2D eigenvalue weighted by Crippen LogP contribution is -2.33. The van der Waals surface area contributed by atoms with Crippen molar-refractivity contribution >= 4 is 11.8 Å². The van der Waals surface area contributed by atoms with E-state index in [1.165, 1.54) is 34.0 Å². The van der Waals surface area contributed by atoms with Gasteiger partial charge in [0.05, 0.1) is 17.4 Å². The van der Waals surface area contributed by atoms with Gasteiger partial charge in [-0.05, 0) is 24.6 Å². The lowest BCUT2D eigenvalue weighted by Gasteiger charge is -2.15. The maximum absolute atomic E-state index is 12.8. The van der Waals surface area contributed by atoms with Crippen LogP contribution in [0.25, 0.3) is 5.69 Å². The molecule has 3 rings (SSSR count). The molecule has 0 aliphatic carbocycles. The highest BCUT2D eigenvalue weighted by molar-refractivity contribution is 5.88. The molecule has 24 heavy (non-hydrogen) atoms. The molecule has 2 heterocycles. The molecule has 2 aromatic rings. The van der Waals surface area contributed by atoms with Crippen LogP contribution in [0, 0.1) is 0 Å². The maximum Gasteiger partial charge on any atom is 0.416 e. The highest BCUT2D eigenvalue weighted by atomic mass is 19.4. The van der Waals surface area contributed by atoms with Crippen LogP contribution in [0.1, 0.15) is 12.0 Å². The minimum atomic E-state index is -4.43. The summed E-state index contributed by atoms with van der Waals surface area (Å²) in [6.07, 6.45) is -2.98. The molecule has 1 aromatic heterocycles. The minimum Gasteiger partial charge on any atom is -0.391 e. The quantitative estimate of drug-likeness (QED) is 0.882. The van der Waals surface area contributed by atoms with Crippen LogP contribution in [0.5, 0.6) is 0 Å². The van der Waals surface area contributed by atoms with Crippen molar-refractivity contribution in [2.45, 2.75) is 18.7 Å². The molecule has 1 fully saturated rings. The molecule has 2 amide bonds. The van der Waals surface area contributed by atoms with E-state index in [-0.39, 0.29) is 18.1 Å². The van der Waals surface area contributed by atoms with Crippen LogP contribution in [0.15, 0.2) is 36.5 Å². The van der Waals surface area contributed by atoms with Crippen molar-refractivity contribution in [3.63, 3.8) is 0 Å². The van der Waals surface area contributed by atoms with Gasteiger partial charge in [-0.1, -0.05) is 6.07 Å². The number of likely N-dealkylation sites (tertiary alicyclic amines) is 1. The molecule has 0 unspecified atom stereocenters. The lowest BCUT2D eigenvalue weighted by molar-refractivity contribution is -0.137. The molecular weight excluding hydrogens is 325 g/mol. The fraction of sp³-hybridized carbons (Fsp3) is 0.333. The number of hydrogen-bond donors (Lipinski definition) is 2. The number of rotatable bonds is 2. The molecule has 0 saturated carbocycles. The summed E-state index contributed by atoms with van der Waals surface area (Å²) in [7, 11) is 0. The van der Waals surface area contributed by atoms with E-state index in [9.17, 15) is 23.1 Å². The fourth-order valence-electron chi connectivity index (χ4n) is 2.47. The summed E-state index contributed by atoms with van der Waals surface area (Å²) < 4.78 is 39.5. The van der Waals surface area contributed by atoms with E-state index in [2.05, 4.69) is 10.4 Å². The van der Waals surface area contributed by atoms with Gasteiger partial charge in [0.2, 0.25) is 0 Å². The second-order valence-corrected chi connectivity index (χ2v) is 5.51. The maximum atomic E-state index is 12.8. The van der Waals surface area contributed by atoms with Crippen LogP contribution in [0.2, 0.25) is 0 Å². The van der Waals surface area contributed by atoms with E-state index in [4.69, 9.17) is 0 Å². The molecular formula is C15H15F3N4O2. The van der Waals surface area contributed by atoms with Crippen molar-refractivity contribution in [2.24, 2.45) is 0 Å². The van der Waals surface area contributed by atoms with Crippen molar-refractivity contribution in [1.82, 2.24) is 14.7 Å². The Morgan fingerprint density at radius 2 is 2.12 bits per heavy atom. The Morgan fingerprint density at radius 3 is 2.79 bits per heavy atom. The van der Waals surface area contributed by atoms with Crippen molar-refractivity contribution in [1.29, 1.82) is 0 Å². The van der Waals surface area contributed by atoms with Crippen LogP contribution in [0.3, 0.4) is 0 Å². The summed E-state index contributed by atoms with van der Waals surface area (Å²) in [5.74, 6) is 0.221. The number of aliphatic hydroxyl groups excluding tert-OH is 1. The number of nitrogens with one attached hydrogen (secondary N) is 1. The number of anilines is 1. The SMILES string of the molecule is O=C(Nc1ccn(-c2cccc(C(F)(F)F)c2)n1)N1CC[C@H](O)C1. The van der Waals surface area contributed by atoms with Gasteiger partial charge in [-0.25, -0.2) is 9.48 Å². The number of aromatic nitrogens is 2. The number of urea groups is 1. The number of carbonyl (C=O) groups excluding carboxylic acids is 1. The first-order valence-electron chi connectivity index (χ1n) is 7.30. The van der Waals surface area contributed by atoms with Gasteiger partial charge in [0.15, 0.2) is 5.82 Å². The zero-order valence-electron chi connectivity index (χ0n) is 12.5. The summed E-state index contributed by atoms with van der Waals surface area (Å²) in [4.78, 5) is 13.4. The van der Waals surface area contributed by atoms with Gasteiger partial charge < -0.3 is 10.0 Å². The number of β-amino-alcohol motifs (C(OH)–C–C–N with tert-alkyl or cyclic N) is 1. The molecule has 6 nitrogen and oxygen atoms in total. The van der Waals surface area contributed by atoms with Gasteiger partial charge >= 0.3 is 12.2 Å². The standard InChI is InChI=1S/C15H15F3N4O2/c16-15(17,18)10-2-1-3-11(8-10)22-7-5-13(20-22)19-14(24)21-6-4-12(23)9-21/h1-3,5,7-8,12,23H,4,6,9H2,(H,19,20,24)/t12-/m0/s1. The molecule has 1 aliphatic rings. The number of hydrogen-bond acceptors (Lipinski definition) is 3. The third kappa shape index (κ3) is 3.51. The zero-order valence-corrected chi connectivity index (χ0v) is 12.5. The molecule has 1 atom stereocenters. The molecule has 1 aliphatic heterocycles. The molecule has 0 spiro atoms. The van der Waals surface area contributed by atoms with E-state index in [1.807, 2.05) is 0 Å². The number of benzene rings is 1. The summed E-state index contributed by atoms with van der Waals surface area (Å²) in [5, 5.41) is 16.0. The summed E-state index contributed by atoms with van der Waals surface area (Å²) in [5.41, 5.74) is -0.533. The number of aliphatic hydroxyl groups is 1. The molecule has 0 bridgehead atoms. The number of nitrogens with zero attached hydrogens (tertiary/aromatic N) is 3. The predicted molar refractivity (Wildman–Crippen MR) is 79.8 cm³/mol. The first-order chi connectivity index (χ1) is 11.3. The second-order valence-electron chi connectivity index (χ2n) is 5.51. The van der Waals surface area contributed by atoms with E-state index in [1.54, 1.807) is 0 Å². The average molecular weight is 340 g/mol. The van der Waals surface area contributed by atoms with E-state index < -0.39 is 23.9 Å². The topological polar surface area (TPSA) is 70.4 Å². The molecule has 9 heteroatoms. The first-order valence-corrected chi connectivity index (χ1v) is 7.30. The van der Waals surface area contributed by atoms with Gasteiger partial charge in [0, 0.05) is 25.4 Å². The number of carbonyl (C=O) groups is 1. The van der Waals surface area contributed by atoms with E-state index in [0.29, 0.717) is 13.0 Å². The van der Waals surface area contributed by atoms with Gasteiger partial charge in [0.25, 0.3) is 0 Å². The Balaban J connectivity index is 1.73. The van der Waals surface area contributed by atoms with Gasteiger partial charge in [-0.2, -0.15) is 13.2 Å². The van der Waals surface area contributed by atoms with Crippen LogP contribution in [-0.4, -0.2) is 45.0 Å². The van der Waals surface area contributed by atoms with Crippen molar-refractivity contribution < 1.29 is 23.1 Å². The summed E-state index contributed by atoms with van der Waals surface area (Å²) in [6.45, 7) is 0.696. The normalized spacial score (nSPS) is 18.0. The van der Waals surface area contributed by atoms with Crippen molar-refractivity contribution in [3.8, 4) is 5.69 Å². The summed E-state index contributed by atoms with van der Waals surface area (Å²) in [6, 6.07) is 5.84. The smallest absolute Gasteiger partial charge is 0.391 e. The van der Waals surface area contributed by atoms with Crippen LogP contribution in [0.4, 0.5) is 23.8 Å². The summed E-state index contributed by atoms with van der Waals surface area (Å²) >= 11 is 0. The lowest BCUT2D eigenvalue weighted by atomic mass is 10.2. The number of alkyl halides is 3. The Hall–Kier alpha value is -2.55. The van der Waals surface area contributed by atoms with Crippen LogP contribution in [-0.2, 0) is 6.18 Å². The van der Waals surface area contributed by atoms with Gasteiger partial charge in [-0.15, -0.1) is 5.10 Å². The van der Waals surface area contributed by atoms with Gasteiger partial charge in [0.1, 0.15) is 0 Å². The number of halogens is 3. The highest BCUT2D eigenvalue weighted by Gasteiger charge is 2.30. The van der Waals surface area contributed by atoms with E-state index in [0.717, 1.165) is 12.1 Å². The molecule has 128 valence electrons. The Bertz CT molecular complexity index is 744. The zero-order chi connectivity index (χ0) is 17.3. The van der Waals surface area contributed by atoms with Gasteiger partial charge in [-0.3, -0.25) is 5.32 Å². The fourth-order valence-corrected chi connectivity index (χ4v) is 2.47. The Labute approximate surface area is 135 Å². The predicted octanol–water partition coefficient (Wildman–Crippen LogP) is 2.49. The third-order valence-electron chi connectivity index (χ3n) is 3.71. The largest absolute Gasteiger partial charge is 0.416 e. The highest BCUT2D eigenvalue weighted by Crippen LogP contribution is 2.30. The van der Waals surface area contributed by atoms with Crippen LogP contribution < -0.4 is 5.32 Å².